The van der Waals surface area contributed by atoms with Gasteiger partial charge in [-0.1, -0.05) is 30.0 Å². The van der Waals surface area contributed by atoms with Crippen LogP contribution in [0.4, 0.5) is 5.69 Å². The molecule has 1 aromatic heterocycles. The van der Waals surface area contributed by atoms with Crippen molar-refractivity contribution in [3.63, 3.8) is 0 Å². The molecule has 7 nitrogen and oxygen atoms in total. The molecule has 28 heavy (non-hydrogen) atoms. The fourth-order valence-electron chi connectivity index (χ4n) is 2.42. The quantitative estimate of drug-likeness (QED) is 0.473. The first-order valence-corrected chi connectivity index (χ1v) is 10.1. The highest BCUT2D eigenvalue weighted by atomic mass is 32.2. The molecule has 0 unspecified atom stereocenters. The van der Waals surface area contributed by atoms with Gasteiger partial charge in [-0.3, -0.25) is 14.5 Å². The Hall–Kier alpha value is -2.69. The van der Waals surface area contributed by atoms with E-state index in [1.165, 1.54) is 40.1 Å². The minimum atomic E-state index is -1.26. The lowest BCUT2D eigenvalue weighted by Crippen LogP contribution is -2.31. The highest BCUT2D eigenvalue weighted by Crippen LogP contribution is 2.33. The van der Waals surface area contributed by atoms with Gasteiger partial charge < -0.3 is 15.5 Å². The number of hydrogen-bond acceptors (Lipinski definition) is 7. The lowest BCUT2D eigenvalue weighted by atomic mass is 10.2. The summed E-state index contributed by atoms with van der Waals surface area (Å²) in [6, 6.07) is 7.53. The lowest BCUT2D eigenvalue weighted by Gasteiger charge is -2.14. The number of carboxylic acid groups (broad SMARTS) is 1. The molecule has 0 aliphatic carbocycles. The largest absolute Gasteiger partial charge is 0.507 e. The lowest BCUT2D eigenvalue weighted by molar-refractivity contribution is -0.122. The number of thiocarbonyl (C=S) groups is 1. The van der Waals surface area contributed by atoms with Crippen molar-refractivity contribution in [2.24, 2.45) is 0 Å². The predicted molar refractivity (Wildman–Crippen MR) is 113 cm³/mol. The first kappa shape index (κ1) is 20.1. The number of aromatic carboxylic acids is 1. The molecule has 0 atom stereocenters. The second-order valence-corrected chi connectivity index (χ2v) is 8.34. The summed E-state index contributed by atoms with van der Waals surface area (Å²) in [5, 5.41) is 23.0. The average Bonchev–Trinajstić information content (AvgIpc) is 3.22. The zero-order chi connectivity index (χ0) is 20.3. The molecule has 3 rings (SSSR count). The number of hydrogen-bond donors (Lipinski definition) is 3. The van der Waals surface area contributed by atoms with E-state index in [1.807, 2.05) is 17.5 Å². The Morgan fingerprint density at radius 1 is 1.29 bits per heavy atom. The fraction of sp³-hybridized carbons (Fsp3) is 0.111. The molecular weight excluding hydrogens is 420 g/mol. The van der Waals surface area contributed by atoms with Crippen molar-refractivity contribution < 1.29 is 24.6 Å². The minimum Gasteiger partial charge on any atom is -0.507 e. The van der Waals surface area contributed by atoms with Crippen LogP contribution in [0, 0.1) is 0 Å². The number of carboxylic acids is 1. The Balaban J connectivity index is 1.58. The van der Waals surface area contributed by atoms with Crippen molar-refractivity contribution in [1.29, 1.82) is 0 Å². The van der Waals surface area contributed by atoms with Crippen molar-refractivity contribution in [2.45, 2.75) is 6.42 Å². The molecule has 1 aliphatic rings. The number of rotatable bonds is 6. The van der Waals surface area contributed by atoms with Gasteiger partial charge in [0, 0.05) is 29.6 Å². The van der Waals surface area contributed by atoms with Crippen LogP contribution in [-0.4, -0.2) is 43.8 Å². The Labute approximate surface area is 173 Å². The summed E-state index contributed by atoms with van der Waals surface area (Å²) in [6.45, 7) is 0.122. The molecule has 0 saturated carbocycles. The summed E-state index contributed by atoms with van der Waals surface area (Å²) in [7, 11) is 0. The van der Waals surface area contributed by atoms with Gasteiger partial charge in [0.1, 0.15) is 15.6 Å². The van der Waals surface area contributed by atoms with Gasteiger partial charge in [-0.25, -0.2) is 4.79 Å². The van der Waals surface area contributed by atoms with Crippen molar-refractivity contribution in [3.8, 4) is 5.75 Å². The summed E-state index contributed by atoms with van der Waals surface area (Å²) in [5.41, 5.74) is 0.00331. The van der Waals surface area contributed by atoms with E-state index in [9.17, 15) is 19.5 Å². The first-order chi connectivity index (χ1) is 13.3. The monoisotopic (exact) mass is 434 g/mol. The standard InChI is InChI=1S/C18H14N2O5S3/c21-13-8-10(3-4-12(13)17(24)25)19-15(22)5-6-20-16(23)14(28-18(20)26)9-11-2-1-7-27-11/h1-4,7-9,21H,5-6H2,(H,19,22)(H,24,25)/b14-9+. The van der Waals surface area contributed by atoms with Crippen LogP contribution in [0.3, 0.4) is 0 Å². The summed E-state index contributed by atoms with van der Waals surface area (Å²) < 4.78 is 0.393. The van der Waals surface area contributed by atoms with E-state index in [4.69, 9.17) is 17.3 Å². The molecule has 10 heteroatoms. The van der Waals surface area contributed by atoms with Crippen LogP contribution in [-0.2, 0) is 9.59 Å². The van der Waals surface area contributed by atoms with Crippen molar-refractivity contribution >= 4 is 69.2 Å². The Bertz CT molecular complexity index is 985. The SMILES string of the molecule is O=C(CCN1C(=O)/C(=C\c2cccs2)SC1=S)Nc1ccc(C(=O)O)c(O)c1. The zero-order valence-corrected chi connectivity index (χ0v) is 16.7. The number of thioether (sulfide) groups is 1. The van der Waals surface area contributed by atoms with Crippen LogP contribution in [0.15, 0.2) is 40.6 Å². The van der Waals surface area contributed by atoms with Crippen LogP contribution >= 0.6 is 35.3 Å². The second kappa shape index (κ2) is 8.55. The summed E-state index contributed by atoms with van der Waals surface area (Å²) in [4.78, 5) is 38.4. The molecule has 1 aromatic carbocycles. The number of phenols is 1. The molecule has 0 spiro atoms. The molecule has 2 amide bonds. The first-order valence-electron chi connectivity index (χ1n) is 8.00. The van der Waals surface area contributed by atoms with Crippen molar-refractivity contribution in [1.82, 2.24) is 4.90 Å². The molecule has 0 bridgehead atoms. The molecular formula is C18H14N2O5S3. The van der Waals surface area contributed by atoms with E-state index < -0.39 is 17.6 Å². The predicted octanol–water partition coefficient (Wildman–Crippen LogP) is 3.38. The number of benzene rings is 1. The van der Waals surface area contributed by atoms with E-state index in [1.54, 1.807) is 6.08 Å². The maximum Gasteiger partial charge on any atom is 0.339 e. The number of carbonyl (C=O) groups is 3. The second-order valence-electron chi connectivity index (χ2n) is 5.68. The van der Waals surface area contributed by atoms with Crippen LogP contribution in [0.2, 0.25) is 0 Å². The van der Waals surface area contributed by atoms with E-state index in [-0.39, 0.29) is 30.1 Å². The zero-order valence-electron chi connectivity index (χ0n) is 14.2. The number of nitrogens with one attached hydrogen (secondary N) is 1. The highest BCUT2D eigenvalue weighted by molar-refractivity contribution is 8.26. The normalized spacial score (nSPS) is 15.3. The van der Waals surface area contributed by atoms with E-state index in [0.717, 1.165) is 10.9 Å². The number of aromatic hydroxyl groups is 1. The van der Waals surface area contributed by atoms with Crippen LogP contribution in [0.1, 0.15) is 21.7 Å². The van der Waals surface area contributed by atoms with Gasteiger partial charge in [0.15, 0.2) is 0 Å². The van der Waals surface area contributed by atoms with Gasteiger partial charge >= 0.3 is 5.97 Å². The summed E-state index contributed by atoms with van der Waals surface area (Å²) in [5.74, 6) is -2.33. The van der Waals surface area contributed by atoms with Gasteiger partial charge in [0.2, 0.25) is 5.91 Å². The maximum atomic E-state index is 12.5. The topological polar surface area (TPSA) is 107 Å². The van der Waals surface area contributed by atoms with Crippen molar-refractivity contribution in [2.75, 3.05) is 11.9 Å². The molecule has 144 valence electrons. The number of carbonyl (C=O) groups excluding carboxylic acids is 2. The van der Waals surface area contributed by atoms with E-state index in [2.05, 4.69) is 5.32 Å². The molecule has 3 N–H and O–H groups in total. The summed E-state index contributed by atoms with van der Waals surface area (Å²) in [6.07, 6.45) is 1.77. The third-order valence-corrected chi connectivity index (χ3v) is 5.96. The van der Waals surface area contributed by atoms with Gasteiger partial charge in [-0.2, -0.15) is 0 Å². The fourth-order valence-corrected chi connectivity index (χ4v) is 4.45. The maximum absolute atomic E-state index is 12.5. The molecule has 2 heterocycles. The highest BCUT2D eigenvalue weighted by Gasteiger charge is 2.32. The third kappa shape index (κ3) is 4.58. The number of nitrogens with zero attached hydrogens (tertiary/aromatic N) is 1. The molecule has 2 aromatic rings. The number of amides is 2. The van der Waals surface area contributed by atoms with Crippen molar-refractivity contribution in [3.05, 3.63) is 51.1 Å². The van der Waals surface area contributed by atoms with Crippen LogP contribution in [0.5, 0.6) is 5.75 Å². The van der Waals surface area contributed by atoms with Gasteiger partial charge in [0.05, 0.1) is 4.91 Å². The average molecular weight is 435 g/mol. The van der Waals surface area contributed by atoms with E-state index in [0.29, 0.717) is 9.23 Å². The third-order valence-electron chi connectivity index (χ3n) is 3.76. The Kier molecular flexibility index (Phi) is 6.12. The number of thiophene rings is 1. The van der Waals surface area contributed by atoms with Crippen LogP contribution < -0.4 is 5.32 Å². The molecule has 1 fully saturated rings. The Morgan fingerprint density at radius 3 is 2.71 bits per heavy atom. The summed E-state index contributed by atoms with van der Waals surface area (Å²) >= 11 is 7.95. The minimum absolute atomic E-state index is 0.000165. The van der Waals surface area contributed by atoms with Crippen LogP contribution in [0.25, 0.3) is 6.08 Å². The Morgan fingerprint density at radius 2 is 2.07 bits per heavy atom. The van der Waals surface area contributed by atoms with Gasteiger partial charge in [-0.05, 0) is 29.7 Å². The molecule has 0 radical (unpaired) electrons. The molecule has 1 saturated heterocycles. The van der Waals surface area contributed by atoms with E-state index >= 15 is 0 Å². The molecule has 1 aliphatic heterocycles. The number of anilines is 1. The van der Waals surface area contributed by atoms with Gasteiger partial charge in [0.25, 0.3) is 5.91 Å². The smallest absolute Gasteiger partial charge is 0.339 e. The van der Waals surface area contributed by atoms with Gasteiger partial charge in [-0.15, -0.1) is 11.3 Å².